The molecule has 0 radical (unpaired) electrons. The van der Waals surface area contributed by atoms with Crippen molar-refractivity contribution >= 4 is 28.9 Å². The van der Waals surface area contributed by atoms with Crippen LogP contribution in [0.4, 0.5) is 5.69 Å². The third kappa shape index (κ3) is 3.09. The van der Waals surface area contributed by atoms with Crippen LogP contribution >= 0.6 is 12.2 Å². The lowest BCUT2D eigenvalue weighted by Crippen LogP contribution is -2.54. The van der Waals surface area contributed by atoms with Crippen molar-refractivity contribution in [3.63, 3.8) is 0 Å². The Kier molecular flexibility index (Phi) is 4.06. The molecule has 3 rings (SSSR count). The highest BCUT2D eigenvalue weighted by atomic mass is 32.1. The minimum atomic E-state index is -0.0298. The van der Waals surface area contributed by atoms with Crippen LogP contribution in [0.25, 0.3) is 0 Å². The SMILES string of the molecule is C[C@H]1CC(=O)NC(=S)N1c1ccc(Oc2ccccc2)cc1. The molecule has 22 heavy (non-hydrogen) atoms. The zero-order chi connectivity index (χ0) is 15.5. The maximum absolute atomic E-state index is 11.5. The topological polar surface area (TPSA) is 41.6 Å². The Bertz CT molecular complexity index is 686. The third-order valence-corrected chi connectivity index (χ3v) is 3.78. The number of carbonyl (C=O) groups is 1. The largest absolute Gasteiger partial charge is 0.457 e. The molecule has 0 aromatic heterocycles. The average Bonchev–Trinajstić information content (AvgIpc) is 2.49. The van der Waals surface area contributed by atoms with Gasteiger partial charge in [0, 0.05) is 18.2 Å². The standard InChI is InChI=1S/C17H16N2O2S/c1-12-11-16(20)18-17(22)19(12)13-7-9-15(10-8-13)21-14-5-3-2-4-6-14/h2-10,12H,11H2,1H3,(H,18,20,22)/t12-/m0/s1. The molecule has 1 N–H and O–H groups in total. The number of carbonyl (C=O) groups excluding carboxylic acids is 1. The van der Waals surface area contributed by atoms with Gasteiger partial charge in [0.05, 0.1) is 0 Å². The molecule has 2 aromatic carbocycles. The van der Waals surface area contributed by atoms with Gasteiger partial charge < -0.3 is 15.0 Å². The Morgan fingerprint density at radius 3 is 2.36 bits per heavy atom. The van der Waals surface area contributed by atoms with E-state index in [0.717, 1.165) is 17.2 Å². The van der Waals surface area contributed by atoms with E-state index < -0.39 is 0 Å². The number of ether oxygens (including phenoxy) is 1. The Morgan fingerprint density at radius 1 is 1.09 bits per heavy atom. The Labute approximate surface area is 134 Å². The van der Waals surface area contributed by atoms with Crippen LogP contribution in [0.15, 0.2) is 54.6 Å². The van der Waals surface area contributed by atoms with Gasteiger partial charge in [-0.15, -0.1) is 0 Å². The van der Waals surface area contributed by atoms with E-state index in [1.54, 1.807) is 0 Å². The number of nitrogens with one attached hydrogen (secondary N) is 1. The summed E-state index contributed by atoms with van der Waals surface area (Å²) in [6, 6.07) is 17.3. The number of hydrogen-bond acceptors (Lipinski definition) is 3. The highest BCUT2D eigenvalue weighted by Crippen LogP contribution is 2.27. The molecule has 1 saturated heterocycles. The van der Waals surface area contributed by atoms with Gasteiger partial charge in [0.25, 0.3) is 0 Å². The number of amides is 1. The van der Waals surface area contributed by atoms with E-state index >= 15 is 0 Å². The molecule has 1 amide bonds. The molecule has 1 atom stereocenters. The van der Waals surface area contributed by atoms with Gasteiger partial charge >= 0.3 is 0 Å². The number of para-hydroxylation sites is 1. The first kappa shape index (κ1) is 14.5. The van der Waals surface area contributed by atoms with Gasteiger partial charge in [-0.05, 0) is 55.5 Å². The minimum absolute atomic E-state index is 0.0298. The maximum atomic E-state index is 11.5. The first-order valence-electron chi connectivity index (χ1n) is 7.09. The van der Waals surface area contributed by atoms with Gasteiger partial charge in [-0.2, -0.15) is 0 Å². The molecule has 0 unspecified atom stereocenters. The van der Waals surface area contributed by atoms with E-state index in [2.05, 4.69) is 5.32 Å². The van der Waals surface area contributed by atoms with Crippen LogP contribution in [0.1, 0.15) is 13.3 Å². The Balaban J connectivity index is 1.76. The van der Waals surface area contributed by atoms with Crippen molar-refractivity contribution in [3.8, 4) is 11.5 Å². The lowest BCUT2D eigenvalue weighted by molar-refractivity contribution is -0.120. The summed E-state index contributed by atoms with van der Waals surface area (Å²) in [5.74, 6) is 1.52. The van der Waals surface area contributed by atoms with Crippen LogP contribution in [-0.4, -0.2) is 17.1 Å². The van der Waals surface area contributed by atoms with Crippen LogP contribution in [-0.2, 0) is 4.79 Å². The summed E-state index contributed by atoms with van der Waals surface area (Å²) in [4.78, 5) is 13.4. The van der Waals surface area contributed by atoms with Gasteiger partial charge in [-0.25, -0.2) is 0 Å². The molecule has 0 spiro atoms. The molecular formula is C17H16N2O2S. The first-order chi connectivity index (χ1) is 10.6. The van der Waals surface area contributed by atoms with Gasteiger partial charge in [0.1, 0.15) is 11.5 Å². The zero-order valence-electron chi connectivity index (χ0n) is 12.2. The van der Waals surface area contributed by atoms with E-state index in [9.17, 15) is 4.79 Å². The van der Waals surface area contributed by atoms with Crippen LogP contribution in [0.3, 0.4) is 0 Å². The number of thiocarbonyl (C=S) groups is 1. The second kappa shape index (κ2) is 6.15. The summed E-state index contributed by atoms with van der Waals surface area (Å²) in [5, 5.41) is 3.14. The zero-order valence-corrected chi connectivity index (χ0v) is 13.0. The summed E-state index contributed by atoms with van der Waals surface area (Å²) in [7, 11) is 0. The normalized spacial score (nSPS) is 18.0. The van der Waals surface area contributed by atoms with Gasteiger partial charge in [-0.1, -0.05) is 18.2 Å². The fourth-order valence-electron chi connectivity index (χ4n) is 2.46. The predicted molar refractivity (Wildman–Crippen MR) is 90.3 cm³/mol. The lowest BCUT2D eigenvalue weighted by Gasteiger charge is -2.35. The molecule has 5 heteroatoms. The number of anilines is 1. The number of nitrogens with zero attached hydrogens (tertiary/aromatic N) is 1. The second-order valence-corrected chi connectivity index (χ2v) is 5.57. The van der Waals surface area contributed by atoms with Crippen molar-refractivity contribution in [1.29, 1.82) is 0 Å². The number of hydrogen-bond donors (Lipinski definition) is 1. The van der Waals surface area contributed by atoms with Crippen LogP contribution in [0.2, 0.25) is 0 Å². The van der Waals surface area contributed by atoms with Gasteiger partial charge in [0.2, 0.25) is 5.91 Å². The molecule has 1 aliphatic heterocycles. The van der Waals surface area contributed by atoms with Gasteiger partial charge in [0.15, 0.2) is 5.11 Å². The molecule has 2 aromatic rings. The predicted octanol–water partition coefficient (Wildman–Crippen LogP) is 3.48. The number of rotatable bonds is 3. The molecule has 1 heterocycles. The summed E-state index contributed by atoms with van der Waals surface area (Å²) >= 11 is 5.26. The molecule has 1 fully saturated rings. The summed E-state index contributed by atoms with van der Waals surface area (Å²) in [6.45, 7) is 1.99. The summed E-state index contributed by atoms with van der Waals surface area (Å²) in [5.41, 5.74) is 0.943. The van der Waals surface area contributed by atoms with E-state index in [1.807, 2.05) is 66.4 Å². The fraction of sp³-hybridized carbons (Fsp3) is 0.176. The average molecular weight is 312 g/mol. The Hall–Kier alpha value is -2.40. The molecule has 112 valence electrons. The van der Waals surface area contributed by atoms with Crippen molar-refractivity contribution in [2.24, 2.45) is 0 Å². The minimum Gasteiger partial charge on any atom is -0.457 e. The van der Waals surface area contributed by atoms with E-state index in [0.29, 0.717) is 11.5 Å². The van der Waals surface area contributed by atoms with E-state index in [-0.39, 0.29) is 11.9 Å². The first-order valence-corrected chi connectivity index (χ1v) is 7.50. The summed E-state index contributed by atoms with van der Waals surface area (Å²) < 4.78 is 5.77. The van der Waals surface area contributed by atoms with Crippen LogP contribution < -0.4 is 15.0 Å². The summed E-state index contributed by atoms with van der Waals surface area (Å²) in [6.07, 6.45) is 0.433. The lowest BCUT2D eigenvalue weighted by atomic mass is 10.1. The fourth-order valence-corrected chi connectivity index (χ4v) is 2.86. The molecule has 0 aliphatic carbocycles. The molecule has 1 aliphatic rings. The Morgan fingerprint density at radius 2 is 1.73 bits per heavy atom. The highest BCUT2D eigenvalue weighted by Gasteiger charge is 2.27. The van der Waals surface area contributed by atoms with Crippen molar-refractivity contribution in [1.82, 2.24) is 5.32 Å². The van der Waals surface area contributed by atoms with Crippen molar-refractivity contribution in [2.75, 3.05) is 4.90 Å². The molecule has 0 saturated carbocycles. The quantitative estimate of drug-likeness (QED) is 0.881. The number of benzene rings is 2. The van der Waals surface area contributed by atoms with E-state index in [4.69, 9.17) is 17.0 Å². The van der Waals surface area contributed by atoms with Gasteiger partial charge in [-0.3, -0.25) is 4.79 Å². The maximum Gasteiger partial charge on any atom is 0.228 e. The smallest absolute Gasteiger partial charge is 0.228 e. The molecule has 0 bridgehead atoms. The van der Waals surface area contributed by atoms with Crippen molar-refractivity contribution in [3.05, 3.63) is 54.6 Å². The van der Waals surface area contributed by atoms with Crippen LogP contribution in [0.5, 0.6) is 11.5 Å². The molecule has 4 nitrogen and oxygen atoms in total. The van der Waals surface area contributed by atoms with Crippen LogP contribution in [0, 0.1) is 0 Å². The second-order valence-electron chi connectivity index (χ2n) is 5.19. The highest BCUT2D eigenvalue weighted by molar-refractivity contribution is 7.80. The molecular weight excluding hydrogens is 296 g/mol. The van der Waals surface area contributed by atoms with Crippen molar-refractivity contribution < 1.29 is 9.53 Å². The third-order valence-electron chi connectivity index (χ3n) is 3.48. The van der Waals surface area contributed by atoms with E-state index in [1.165, 1.54) is 0 Å². The monoisotopic (exact) mass is 312 g/mol. The van der Waals surface area contributed by atoms with Crippen molar-refractivity contribution in [2.45, 2.75) is 19.4 Å².